The molecule has 1 atom stereocenters. The summed E-state index contributed by atoms with van der Waals surface area (Å²) in [6.07, 6.45) is 1.24. The van der Waals surface area contributed by atoms with Crippen LogP contribution < -0.4 is 10.2 Å². The molecular formula is C20H29BrN4O2. The number of benzene rings is 1. The fourth-order valence-corrected chi connectivity index (χ4v) is 4.15. The van der Waals surface area contributed by atoms with E-state index in [1.54, 1.807) is 4.90 Å². The molecule has 2 fully saturated rings. The number of nitrogens with one attached hydrogen (secondary N) is 1. The standard InChI is InChI=1S/C20H29BrN4O2/c1-2-23-9-11-24(12-10-23)8-4-7-22-20(27)16-13-19(26)25(15-16)18-6-3-5-17(21)14-18/h3,5-6,14,16H,2,4,7-13,15H2,1H3,(H,22,27). The van der Waals surface area contributed by atoms with Crippen LogP contribution in [0, 0.1) is 5.92 Å². The lowest BCUT2D eigenvalue weighted by Crippen LogP contribution is -2.46. The van der Waals surface area contributed by atoms with Crippen LogP contribution in [-0.2, 0) is 9.59 Å². The summed E-state index contributed by atoms with van der Waals surface area (Å²) in [6.45, 7) is 9.98. The van der Waals surface area contributed by atoms with Crippen molar-refractivity contribution >= 4 is 33.4 Å². The third kappa shape index (κ3) is 5.53. The van der Waals surface area contributed by atoms with Gasteiger partial charge in [-0.05, 0) is 37.7 Å². The van der Waals surface area contributed by atoms with Gasteiger partial charge >= 0.3 is 0 Å². The average molecular weight is 437 g/mol. The third-order valence-corrected chi connectivity index (χ3v) is 5.97. The fourth-order valence-electron chi connectivity index (χ4n) is 3.76. The highest BCUT2D eigenvalue weighted by Crippen LogP contribution is 2.27. The summed E-state index contributed by atoms with van der Waals surface area (Å²) in [5.74, 6) is -0.247. The predicted octanol–water partition coefficient (Wildman–Crippen LogP) is 1.95. The van der Waals surface area contributed by atoms with Crippen LogP contribution in [-0.4, -0.2) is 74.0 Å². The SMILES string of the molecule is CCN1CCN(CCCNC(=O)C2CC(=O)N(c3cccc(Br)c3)C2)CC1. The summed E-state index contributed by atoms with van der Waals surface area (Å²) < 4.78 is 0.931. The molecule has 2 heterocycles. The van der Waals surface area contributed by atoms with E-state index in [1.807, 2.05) is 24.3 Å². The lowest BCUT2D eigenvalue weighted by atomic mass is 10.1. The van der Waals surface area contributed by atoms with Crippen molar-refractivity contribution in [3.05, 3.63) is 28.7 Å². The van der Waals surface area contributed by atoms with Crippen LogP contribution in [0.2, 0.25) is 0 Å². The van der Waals surface area contributed by atoms with E-state index in [0.29, 0.717) is 13.1 Å². The fraction of sp³-hybridized carbons (Fsp3) is 0.600. The number of carbonyl (C=O) groups excluding carboxylic acids is 2. The third-order valence-electron chi connectivity index (χ3n) is 5.48. The molecule has 1 N–H and O–H groups in total. The molecule has 1 aromatic carbocycles. The first-order valence-electron chi connectivity index (χ1n) is 9.85. The minimum absolute atomic E-state index is 0.00310. The molecule has 0 spiro atoms. The van der Waals surface area contributed by atoms with Crippen molar-refractivity contribution in [1.29, 1.82) is 0 Å². The van der Waals surface area contributed by atoms with Gasteiger partial charge in [-0.1, -0.05) is 28.9 Å². The number of anilines is 1. The van der Waals surface area contributed by atoms with Crippen molar-refractivity contribution < 1.29 is 9.59 Å². The average Bonchev–Trinajstić information content (AvgIpc) is 3.07. The Balaban J connectivity index is 1.38. The number of amides is 2. The second-order valence-corrected chi connectivity index (χ2v) is 8.22. The van der Waals surface area contributed by atoms with Gasteiger partial charge in [0.05, 0.1) is 5.92 Å². The van der Waals surface area contributed by atoms with E-state index < -0.39 is 0 Å². The van der Waals surface area contributed by atoms with Gasteiger partial charge in [-0.15, -0.1) is 0 Å². The van der Waals surface area contributed by atoms with E-state index in [2.05, 4.69) is 38.0 Å². The summed E-state index contributed by atoms with van der Waals surface area (Å²) in [7, 11) is 0. The highest BCUT2D eigenvalue weighted by atomic mass is 79.9. The minimum atomic E-state index is -0.260. The minimum Gasteiger partial charge on any atom is -0.356 e. The Morgan fingerprint density at radius 2 is 1.96 bits per heavy atom. The molecule has 27 heavy (non-hydrogen) atoms. The number of nitrogens with zero attached hydrogens (tertiary/aromatic N) is 3. The van der Waals surface area contributed by atoms with Gasteiger partial charge in [0.25, 0.3) is 0 Å². The first kappa shape index (κ1) is 20.3. The zero-order valence-electron chi connectivity index (χ0n) is 16.0. The summed E-state index contributed by atoms with van der Waals surface area (Å²) in [5, 5.41) is 3.02. The first-order chi connectivity index (χ1) is 13.1. The molecule has 6 nitrogen and oxygen atoms in total. The van der Waals surface area contributed by atoms with Crippen molar-refractivity contribution in [2.45, 2.75) is 19.8 Å². The van der Waals surface area contributed by atoms with Crippen molar-refractivity contribution in [2.24, 2.45) is 5.92 Å². The maximum absolute atomic E-state index is 12.4. The Kier molecular flexibility index (Phi) is 7.26. The number of rotatable bonds is 7. The number of hydrogen-bond donors (Lipinski definition) is 1. The normalized spacial score (nSPS) is 21.6. The van der Waals surface area contributed by atoms with E-state index in [1.165, 1.54) is 0 Å². The molecule has 1 aromatic rings. The largest absolute Gasteiger partial charge is 0.356 e. The number of hydrogen-bond acceptors (Lipinski definition) is 4. The Bertz CT molecular complexity index is 661. The van der Waals surface area contributed by atoms with Gasteiger partial charge in [-0.3, -0.25) is 9.59 Å². The Morgan fingerprint density at radius 3 is 2.67 bits per heavy atom. The second-order valence-electron chi connectivity index (χ2n) is 7.31. The maximum atomic E-state index is 12.4. The molecule has 0 saturated carbocycles. The number of likely N-dealkylation sites (N-methyl/N-ethyl adjacent to an activating group) is 1. The van der Waals surface area contributed by atoms with Crippen LogP contribution in [0.3, 0.4) is 0 Å². The maximum Gasteiger partial charge on any atom is 0.227 e. The second kappa shape index (κ2) is 9.66. The first-order valence-corrected chi connectivity index (χ1v) is 10.6. The molecule has 3 rings (SSSR count). The van der Waals surface area contributed by atoms with Gasteiger partial charge in [-0.25, -0.2) is 0 Å². The van der Waals surface area contributed by atoms with Gasteiger partial charge < -0.3 is 20.0 Å². The van der Waals surface area contributed by atoms with Crippen LogP contribution >= 0.6 is 15.9 Å². The van der Waals surface area contributed by atoms with Crippen LogP contribution in [0.15, 0.2) is 28.7 Å². The summed E-state index contributed by atoms with van der Waals surface area (Å²) in [5.41, 5.74) is 0.843. The Labute approximate surface area is 170 Å². The van der Waals surface area contributed by atoms with Crippen LogP contribution in [0.5, 0.6) is 0 Å². The summed E-state index contributed by atoms with van der Waals surface area (Å²) in [4.78, 5) is 31.4. The Morgan fingerprint density at radius 1 is 1.22 bits per heavy atom. The molecule has 148 valence electrons. The van der Waals surface area contributed by atoms with Gasteiger partial charge in [0, 0.05) is 55.8 Å². The zero-order chi connectivity index (χ0) is 19.2. The van der Waals surface area contributed by atoms with E-state index in [0.717, 1.165) is 55.8 Å². The lowest BCUT2D eigenvalue weighted by Gasteiger charge is -2.34. The van der Waals surface area contributed by atoms with Crippen molar-refractivity contribution in [1.82, 2.24) is 15.1 Å². The van der Waals surface area contributed by atoms with Crippen LogP contribution in [0.25, 0.3) is 0 Å². The lowest BCUT2D eigenvalue weighted by molar-refractivity contribution is -0.126. The topological polar surface area (TPSA) is 55.9 Å². The smallest absolute Gasteiger partial charge is 0.227 e. The van der Waals surface area contributed by atoms with Gasteiger partial charge in [0.1, 0.15) is 0 Å². The van der Waals surface area contributed by atoms with Crippen molar-refractivity contribution in [2.75, 3.05) is 57.3 Å². The molecule has 0 aromatic heterocycles. The van der Waals surface area contributed by atoms with E-state index in [4.69, 9.17) is 0 Å². The molecule has 2 saturated heterocycles. The van der Waals surface area contributed by atoms with Crippen molar-refractivity contribution in [3.8, 4) is 0 Å². The summed E-state index contributed by atoms with van der Waals surface area (Å²) in [6, 6.07) is 7.65. The molecule has 0 radical (unpaired) electrons. The van der Waals surface area contributed by atoms with Gasteiger partial charge in [-0.2, -0.15) is 0 Å². The van der Waals surface area contributed by atoms with Gasteiger partial charge in [0.2, 0.25) is 11.8 Å². The van der Waals surface area contributed by atoms with E-state index >= 15 is 0 Å². The highest BCUT2D eigenvalue weighted by molar-refractivity contribution is 9.10. The molecule has 2 aliphatic heterocycles. The monoisotopic (exact) mass is 436 g/mol. The van der Waals surface area contributed by atoms with Gasteiger partial charge in [0.15, 0.2) is 0 Å². The number of carbonyl (C=O) groups is 2. The highest BCUT2D eigenvalue weighted by Gasteiger charge is 2.35. The molecule has 2 amide bonds. The quantitative estimate of drug-likeness (QED) is 0.663. The molecule has 2 aliphatic rings. The van der Waals surface area contributed by atoms with E-state index in [-0.39, 0.29) is 24.2 Å². The van der Waals surface area contributed by atoms with E-state index in [9.17, 15) is 9.59 Å². The molecule has 0 aliphatic carbocycles. The molecule has 0 bridgehead atoms. The molecule has 7 heteroatoms. The number of halogens is 1. The Hall–Kier alpha value is -1.44. The number of piperazine rings is 1. The van der Waals surface area contributed by atoms with Crippen LogP contribution in [0.4, 0.5) is 5.69 Å². The van der Waals surface area contributed by atoms with Crippen molar-refractivity contribution in [3.63, 3.8) is 0 Å². The zero-order valence-corrected chi connectivity index (χ0v) is 17.6. The summed E-state index contributed by atoms with van der Waals surface area (Å²) >= 11 is 3.43. The molecular weight excluding hydrogens is 408 g/mol. The predicted molar refractivity (Wildman–Crippen MR) is 111 cm³/mol. The van der Waals surface area contributed by atoms with Crippen LogP contribution in [0.1, 0.15) is 19.8 Å². The molecule has 1 unspecified atom stereocenters.